The van der Waals surface area contributed by atoms with E-state index < -0.39 is 17.6 Å². The molecular formula is C32H70O6S4Si2. The van der Waals surface area contributed by atoms with Crippen LogP contribution in [0.25, 0.3) is 0 Å². The number of hydrogen-bond donors (Lipinski definition) is 0. The van der Waals surface area contributed by atoms with E-state index in [9.17, 15) is 0 Å². The van der Waals surface area contributed by atoms with Crippen molar-refractivity contribution in [2.24, 2.45) is 0 Å². The largest absolute Gasteiger partial charge is 0.512 e. The lowest BCUT2D eigenvalue weighted by Crippen LogP contribution is -2.49. The van der Waals surface area contributed by atoms with E-state index in [2.05, 4.69) is 41.5 Å². The van der Waals surface area contributed by atoms with Gasteiger partial charge >= 0.3 is 17.6 Å². The molecule has 0 aromatic rings. The van der Waals surface area contributed by atoms with Gasteiger partial charge in [-0.15, -0.1) is 0 Å². The first kappa shape index (κ1) is 45.6. The Kier molecular flexibility index (Phi) is 35.7. The van der Waals surface area contributed by atoms with Crippen LogP contribution >= 0.6 is 41.2 Å². The molecule has 0 aromatic heterocycles. The summed E-state index contributed by atoms with van der Waals surface area (Å²) in [5.74, 6) is 0. The van der Waals surface area contributed by atoms with Crippen LogP contribution in [-0.4, -0.2) is 68.0 Å². The van der Waals surface area contributed by atoms with E-state index in [-0.39, 0.29) is 0 Å². The molecule has 0 unspecified atom stereocenters. The first-order valence-electron chi connectivity index (χ1n) is 18.0. The predicted octanol–water partition coefficient (Wildman–Crippen LogP) is 11.9. The van der Waals surface area contributed by atoms with Gasteiger partial charge in [-0.3, -0.25) is 0 Å². The Hall–Kier alpha value is 1.59. The molecule has 0 aromatic carbocycles. The summed E-state index contributed by atoms with van der Waals surface area (Å²) in [5, 5.41) is 1.54. The molecule has 6 nitrogen and oxygen atoms in total. The normalized spacial score (nSPS) is 12.4. The average Bonchev–Trinajstić information content (AvgIpc) is 3.03. The lowest BCUT2D eigenvalue weighted by Gasteiger charge is -2.30. The van der Waals surface area contributed by atoms with Gasteiger partial charge in [0.15, 0.2) is 0 Å². The highest BCUT2D eigenvalue weighted by Crippen LogP contribution is 2.45. The summed E-state index contributed by atoms with van der Waals surface area (Å²) in [6.07, 6.45) is 20.5. The Labute approximate surface area is 291 Å². The minimum atomic E-state index is -2.76. The van der Waals surface area contributed by atoms with Gasteiger partial charge in [0.1, 0.15) is 0 Å². The van der Waals surface area contributed by atoms with Crippen molar-refractivity contribution in [2.75, 3.05) is 50.4 Å². The van der Waals surface area contributed by atoms with Gasteiger partial charge in [0, 0.05) is 39.6 Å². The summed E-state index contributed by atoms with van der Waals surface area (Å²) in [7, 11) is 1.69. The second-order valence-corrected chi connectivity index (χ2v) is 23.6. The van der Waals surface area contributed by atoms with E-state index >= 15 is 0 Å². The first-order valence-corrected chi connectivity index (χ1v) is 27.0. The van der Waals surface area contributed by atoms with Crippen molar-refractivity contribution in [1.82, 2.24) is 0 Å². The molecule has 0 atom stereocenters. The Morgan fingerprint density at radius 1 is 0.318 bits per heavy atom. The van der Waals surface area contributed by atoms with Crippen molar-refractivity contribution >= 4 is 58.8 Å². The van der Waals surface area contributed by atoms with Gasteiger partial charge in [-0.2, -0.15) is 0 Å². The molecule has 0 saturated carbocycles. The third kappa shape index (κ3) is 26.5. The Balaban J connectivity index is 5.24. The monoisotopic (exact) mass is 734 g/mol. The van der Waals surface area contributed by atoms with Crippen molar-refractivity contribution in [2.45, 2.75) is 157 Å². The zero-order chi connectivity index (χ0) is 32.5. The van der Waals surface area contributed by atoms with Crippen molar-refractivity contribution in [1.29, 1.82) is 0 Å². The van der Waals surface area contributed by atoms with Crippen LogP contribution in [0.15, 0.2) is 0 Å². The molecule has 266 valence electrons. The lowest BCUT2D eigenvalue weighted by molar-refractivity contribution is 0.0604. The molecule has 0 rings (SSSR count). The molecule has 0 heterocycles. The average molecular weight is 735 g/mol. The van der Waals surface area contributed by atoms with E-state index in [1.54, 1.807) is 19.7 Å². The van der Waals surface area contributed by atoms with Gasteiger partial charge in [-0.25, -0.2) is 0 Å². The highest BCUT2D eigenvalue weighted by molar-refractivity contribution is 9.26. The van der Waals surface area contributed by atoms with E-state index in [0.717, 1.165) is 88.9 Å². The molecule has 0 spiro atoms. The van der Waals surface area contributed by atoms with Crippen LogP contribution in [0.3, 0.4) is 0 Å². The van der Waals surface area contributed by atoms with Crippen LogP contribution < -0.4 is 0 Å². The molecule has 0 aliphatic carbocycles. The number of hydrogen-bond acceptors (Lipinski definition) is 10. The molecule has 0 bridgehead atoms. The fourth-order valence-corrected chi connectivity index (χ4v) is 20.2. The third-order valence-corrected chi connectivity index (χ3v) is 21.5. The Morgan fingerprint density at radius 2 is 0.523 bits per heavy atom. The maximum atomic E-state index is 6.54. The van der Waals surface area contributed by atoms with E-state index in [4.69, 9.17) is 26.6 Å². The molecule has 0 saturated heterocycles. The molecule has 0 amide bonds. The number of rotatable bonds is 37. The molecule has 44 heavy (non-hydrogen) atoms. The van der Waals surface area contributed by atoms with Gasteiger partial charge in [0.2, 0.25) is 0 Å². The molecule has 0 aliphatic rings. The summed E-state index contributed by atoms with van der Waals surface area (Å²) in [5.41, 5.74) is 0. The van der Waals surface area contributed by atoms with E-state index in [0.29, 0.717) is 0 Å². The molecule has 0 radical (unpaired) electrons. The van der Waals surface area contributed by atoms with Gasteiger partial charge in [-0.05, 0) is 58.2 Å². The summed E-state index contributed by atoms with van der Waals surface area (Å²) in [6, 6.07) is 0. The fraction of sp³-hybridized carbons (Fsp3) is 1.00. The summed E-state index contributed by atoms with van der Waals surface area (Å²) >= 11 is 0. The van der Waals surface area contributed by atoms with Crippen LogP contribution in [0, 0.1) is 0 Å². The summed E-state index contributed by atoms with van der Waals surface area (Å²) in [4.78, 5) is 0. The van der Waals surface area contributed by atoms with Gasteiger partial charge < -0.3 is 26.6 Å². The zero-order valence-corrected chi connectivity index (χ0v) is 34.7. The lowest BCUT2D eigenvalue weighted by atomic mass is 10.3. The highest BCUT2D eigenvalue weighted by atomic mass is 33.7. The van der Waals surface area contributed by atoms with Crippen LogP contribution in [0.4, 0.5) is 0 Å². The van der Waals surface area contributed by atoms with E-state index in [1.165, 1.54) is 77.0 Å². The topological polar surface area (TPSA) is 55.4 Å². The van der Waals surface area contributed by atoms with E-state index in [1.807, 2.05) is 21.6 Å². The summed E-state index contributed by atoms with van der Waals surface area (Å²) < 4.78 is 39.2. The quantitative estimate of drug-likeness (QED) is 0.0350. The highest BCUT2D eigenvalue weighted by Gasteiger charge is 2.43. The first-order chi connectivity index (χ1) is 21.6. The number of unbranched alkanes of at least 4 members (excludes halogenated alkanes) is 12. The van der Waals surface area contributed by atoms with Crippen LogP contribution in [0.5, 0.6) is 0 Å². The van der Waals surface area contributed by atoms with Gasteiger partial charge in [0.05, 0.1) is 10.8 Å². The maximum Gasteiger partial charge on any atom is 0.512 e. The minimum Gasteiger partial charge on any atom is -0.373 e. The van der Waals surface area contributed by atoms with Gasteiger partial charge in [0.25, 0.3) is 0 Å². The minimum absolute atomic E-state index is 0.725. The summed E-state index contributed by atoms with van der Waals surface area (Å²) in [6.45, 7) is 17.7. The maximum absolute atomic E-state index is 6.54. The Morgan fingerprint density at radius 3 is 0.705 bits per heavy atom. The molecule has 0 aliphatic heterocycles. The van der Waals surface area contributed by atoms with Gasteiger partial charge in [-0.1, -0.05) is 140 Å². The molecule has 0 N–H and O–H groups in total. The van der Waals surface area contributed by atoms with Crippen molar-refractivity contribution < 1.29 is 26.6 Å². The molecule has 12 heteroatoms. The second kappa shape index (κ2) is 34.5. The van der Waals surface area contributed by atoms with Crippen molar-refractivity contribution in [3.63, 3.8) is 0 Å². The second-order valence-electron chi connectivity index (χ2n) is 11.4. The predicted molar refractivity (Wildman–Crippen MR) is 204 cm³/mol. The SMILES string of the molecule is CCCCCO[Si](CSSSSC[Si](OCCCCC)(OCCCCC)OCCCCC)(OCCCCC)OCCCCC. The molecular weight excluding hydrogens is 665 g/mol. The van der Waals surface area contributed by atoms with Crippen molar-refractivity contribution in [3.05, 3.63) is 0 Å². The Bertz CT molecular complexity index is 476. The molecule has 0 fully saturated rings. The fourth-order valence-electron chi connectivity index (χ4n) is 4.21. The zero-order valence-electron chi connectivity index (χ0n) is 29.5. The van der Waals surface area contributed by atoms with Crippen LogP contribution in [-0.2, 0) is 26.6 Å². The smallest absolute Gasteiger partial charge is 0.373 e. The third-order valence-electron chi connectivity index (χ3n) is 7.01. The van der Waals surface area contributed by atoms with Crippen LogP contribution in [0.2, 0.25) is 0 Å². The standard InChI is InChI=1S/C32H70O6S4Si2/c1-7-13-19-25-33-43(34-26-20-14-8-2,35-27-21-15-9-3)31-39-41-42-40-32-44(36-28-22-16-10-4,37-29-23-17-11-5)38-30-24-18-12-6/h7-32H2,1-6H3. The van der Waals surface area contributed by atoms with Crippen molar-refractivity contribution in [3.8, 4) is 0 Å². The van der Waals surface area contributed by atoms with Crippen LogP contribution in [0.1, 0.15) is 157 Å².